The molecular weight excluding hydrogens is 507 g/mol. The molecular formula is C32H73N2O4P. The van der Waals surface area contributed by atoms with Crippen molar-refractivity contribution in [2.24, 2.45) is 0 Å². The summed E-state index contributed by atoms with van der Waals surface area (Å²) in [5.74, 6) is 0. The number of hydrogen-bond acceptors (Lipinski definition) is 3. The summed E-state index contributed by atoms with van der Waals surface area (Å²) in [4.78, 5) is 21.6. The molecule has 7 heteroatoms. The van der Waals surface area contributed by atoms with Crippen LogP contribution in [0.5, 0.6) is 0 Å². The van der Waals surface area contributed by atoms with Crippen LogP contribution in [0.4, 0.5) is 0 Å². The second kappa shape index (κ2) is 40.2. The van der Waals surface area contributed by atoms with Gasteiger partial charge in [0.15, 0.2) is 0 Å². The number of phosphoric acid groups is 1. The first kappa shape index (κ1) is 43.5. The molecule has 0 saturated heterocycles. The minimum absolute atomic E-state index is 1.24. The van der Waals surface area contributed by atoms with E-state index in [9.17, 15) is 0 Å². The highest BCUT2D eigenvalue weighted by Crippen LogP contribution is 2.25. The predicted octanol–water partition coefficient (Wildman–Crippen LogP) is 9.67. The van der Waals surface area contributed by atoms with Crippen LogP contribution in [0.15, 0.2) is 0 Å². The molecule has 6 nitrogen and oxygen atoms in total. The lowest BCUT2D eigenvalue weighted by molar-refractivity contribution is 0.275. The van der Waals surface area contributed by atoms with E-state index in [1.807, 2.05) is 0 Å². The molecule has 0 aromatic rings. The van der Waals surface area contributed by atoms with E-state index in [4.69, 9.17) is 19.2 Å². The first-order chi connectivity index (χ1) is 18.8. The van der Waals surface area contributed by atoms with Gasteiger partial charge in [-0.3, -0.25) is 0 Å². The van der Waals surface area contributed by atoms with Crippen LogP contribution in [-0.4, -0.2) is 40.9 Å². The molecule has 0 atom stereocenters. The Balaban J connectivity index is -0.000000566. The summed E-state index contributed by atoms with van der Waals surface area (Å²) >= 11 is 0. The second-order valence-electron chi connectivity index (χ2n) is 11.1. The van der Waals surface area contributed by atoms with Gasteiger partial charge in [-0.15, -0.1) is 0 Å². The zero-order chi connectivity index (χ0) is 29.7. The molecule has 0 heterocycles. The van der Waals surface area contributed by atoms with Gasteiger partial charge in [-0.05, 0) is 51.9 Å². The molecule has 5 N–H and O–H groups in total. The topological polar surface area (TPSA) is 102 Å². The van der Waals surface area contributed by atoms with Crippen molar-refractivity contribution < 1.29 is 19.2 Å². The smallest absolute Gasteiger partial charge is 0.317 e. The van der Waals surface area contributed by atoms with E-state index in [0.29, 0.717) is 0 Å². The van der Waals surface area contributed by atoms with Crippen molar-refractivity contribution >= 4 is 7.82 Å². The van der Waals surface area contributed by atoms with Gasteiger partial charge >= 0.3 is 7.82 Å². The Morgan fingerprint density at radius 2 is 0.513 bits per heavy atom. The van der Waals surface area contributed by atoms with E-state index in [1.54, 1.807) is 0 Å². The first-order valence-corrected chi connectivity index (χ1v) is 18.6. The van der Waals surface area contributed by atoms with E-state index in [1.165, 1.54) is 180 Å². The number of hydrogen-bond donors (Lipinski definition) is 5. The van der Waals surface area contributed by atoms with Crippen molar-refractivity contribution in [3.8, 4) is 0 Å². The zero-order valence-corrected chi connectivity index (χ0v) is 27.9. The monoisotopic (exact) mass is 581 g/mol. The fourth-order valence-electron chi connectivity index (χ4n) is 4.37. The standard InChI is InChI=1S/2C16H35N.H3O4P/c2*1-3-5-7-9-11-13-15-17-16-14-12-10-8-6-4-2;1-5(2,3)4/h2*17H,3-16H2,1-2H3;(H3,1,2,3,4). The number of nitrogens with one attached hydrogen (secondary N) is 2. The van der Waals surface area contributed by atoms with Crippen LogP contribution >= 0.6 is 7.82 Å². The summed E-state index contributed by atoms with van der Waals surface area (Å²) in [5.41, 5.74) is 0. The van der Waals surface area contributed by atoms with Crippen LogP contribution in [0, 0.1) is 0 Å². The first-order valence-electron chi connectivity index (χ1n) is 17.0. The van der Waals surface area contributed by atoms with E-state index in [2.05, 4.69) is 38.3 Å². The SMILES string of the molecule is CCCCCCCCNCCCCCCCC.CCCCCCCCNCCCCCCCC.O=P(O)(O)O. The third kappa shape index (κ3) is 62.8. The highest BCUT2D eigenvalue weighted by Gasteiger charge is 2.00. The van der Waals surface area contributed by atoms with Gasteiger partial charge in [0.1, 0.15) is 0 Å². The van der Waals surface area contributed by atoms with Gasteiger partial charge in [-0.2, -0.15) is 0 Å². The van der Waals surface area contributed by atoms with Gasteiger partial charge in [0, 0.05) is 0 Å². The molecule has 0 aromatic carbocycles. The Morgan fingerprint density at radius 3 is 0.692 bits per heavy atom. The molecule has 0 aromatic heterocycles. The van der Waals surface area contributed by atoms with E-state index < -0.39 is 7.82 Å². The summed E-state index contributed by atoms with van der Waals surface area (Å²) in [6.07, 6.45) is 33.8. The lowest BCUT2D eigenvalue weighted by atomic mass is 10.1. The Kier molecular flexibility index (Phi) is 44.8. The van der Waals surface area contributed by atoms with Crippen LogP contribution in [0.3, 0.4) is 0 Å². The summed E-state index contributed by atoms with van der Waals surface area (Å²) < 4.78 is 8.88. The average Bonchev–Trinajstić information content (AvgIpc) is 2.89. The molecule has 0 saturated carbocycles. The van der Waals surface area contributed by atoms with Gasteiger partial charge < -0.3 is 25.3 Å². The molecule has 0 amide bonds. The predicted molar refractivity (Wildman–Crippen MR) is 174 cm³/mol. The Hall–Kier alpha value is 0.0300. The molecule has 39 heavy (non-hydrogen) atoms. The third-order valence-electron chi connectivity index (χ3n) is 6.83. The maximum absolute atomic E-state index is 8.88. The van der Waals surface area contributed by atoms with E-state index in [-0.39, 0.29) is 0 Å². The minimum Gasteiger partial charge on any atom is -0.317 e. The molecule has 0 rings (SSSR count). The maximum atomic E-state index is 8.88. The van der Waals surface area contributed by atoms with E-state index in [0.717, 1.165) is 0 Å². The fraction of sp³-hybridized carbons (Fsp3) is 1.00. The molecule has 0 aliphatic carbocycles. The molecule has 240 valence electrons. The van der Waals surface area contributed by atoms with Gasteiger partial charge in [-0.1, -0.05) is 156 Å². The second-order valence-corrected chi connectivity index (χ2v) is 12.1. The van der Waals surface area contributed by atoms with Crippen LogP contribution in [-0.2, 0) is 4.57 Å². The fourth-order valence-corrected chi connectivity index (χ4v) is 4.37. The molecule has 0 aliphatic rings. The Bertz CT molecular complexity index is 384. The van der Waals surface area contributed by atoms with Crippen LogP contribution in [0.1, 0.15) is 182 Å². The van der Waals surface area contributed by atoms with Crippen LogP contribution < -0.4 is 10.6 Å². The Labute approximate surface area is 245 Å². The number of unbranched alkanes of at least 4 members (excludes halogenated alkanes) is 20. The highest BCUT2D eigenvalue weighted by atomic mass is 31.2. The Morgan fingerprint density at radius 1 is 0.359 bits per heavy atom. The van der Waals surface area contributed by atoms with Crippen molar-refractivity contribution in [2.45, 2.75) is 182 Å². The lowest BCUT2D eigenvalue weighted by Crippen LogP contribution is -2.16. The molecule has 0 spiro atoms. The van der Waals surface area contributed by atoms with Crippen LogP contribution in [0.2, 0.25) is 0 Å². The molecule has 0 radical (unpaired) electrons. The highest BCUT2D eigenvalue weighted by molar-refractivity contribution is 7.45. The lowest BCUT2D eigenvalue weighted by Gasteiger charge is -2.04. The summed E-state index contributed by atoms with van der Waals surface area (Å²) in [6.45, 7) is 14.1. The summed E-state index contributed by atoms with van der Waals surface area (Å²) in [7, 11) is -4.64. The van der Waals surface area contributed by atoms with Crippen molar-refractivity contribution in [3.05, 3.63) is 0 Å². The molecule has 0 aliphatic heterocycles. The zero-order valence-electron chi connectivity index (χ0n) is 27.0. The maximum Gasteiger partial charge on any atom is 0.466 e. The quantitative estimate of drug-likeness (QED) is 0.0466. The minimum atomic E-state index is -4.64. The van der Waals surface area contributed by atoms with Gasteiger partial charge in [-0.25, -0.2) is 4.57 Å². The van der Waals surface area contributed by atoms with Crippen molar-refractivity contribution in [3.63, 3.8) is 0 Å². The molecule has 0 bridgehead atoms. The summed E-state index contributed by atoms with van der Waals surface area (Å²) in [5, 5.41) is 7.13. The van der Waals surface area contributed by atoms with Crippen molar-refractivity contribution in [1.82, 2.24) is 10.6 Å². The van der Waals surface area contributed by atoms with Gasteiger partial charge in [0.25, 0.3) is 0 Å². The average molecular weight is 581 g/mol. The van der Waals surface area contributed by atoms with Crippen molar-refractivity contribution in [2.75, 3.05) is 26.2 Å². The summed E-state index contributed by atoms with van der Waals surface area (Å²) in [6, 6.07) is 0. The molecule has 0 fully saturated rings. The third-order valence-corrected chi connectivity index (χ3v) is 6.83. The van der Waals surface area contributed by atoms with E-state index >= 15 is 0 Å². The number of rotatable bonds is 28. The molecule has 0 unspecified atom stereocenters. The van der Waals surface area contributed by atoms with Gasteiger partial charge in [0.2, 0.25) is 0 Å². The normalized spacial score (nSPS) is 11.1. The van der Waals surface area contributed by atoms with Crippen LogP contribution in [0.25, 0.3) is 0 Å². The van der Waals surface area contributed by atoms with Crippen molar-refractivity contribution in [1.29, 1.82) is 0 Å². The largest absolute Gasteiger partial charge is 0.466 e. The van der Waals surface area contributed by atoms with Gasteiger partial charge in [0.05, 0.1) is 0 Å².